The van der Waals surface area contributed by atoms with Crippen molar-refractivity contribution >= 4 is 18.3 Å². The van der Waals surface area contributed by atoms with E-state index in [0.29, 0.717) is 18.4 Å². The fourth-order valence-electron chi connectivity index (χ4n) is 2.00. The number of rotatable bonds is 5. The van der Waals surface area contributed by atoms with E-state index in [4.69, 9.17) is 10.5 Å². The van der Waals surface area contributed by atoms with Gasteiger partial charge in [-0.15, -0.1) is 12.4 Å². The van der Waals surface area contributed by atoms with Crippen molar-refractivity contribution in [3.63, 3.8) is 0 Å². The summed E-state index contributed by atoms with van der Waals surface area (Å²) in [4.78, 5) is 13.7. The smallest absolute Gasteiger partial charge is 0.224 e. The highest BCUT2D eigenvalue weighted by Crippen LogP contribution is 2.15. The molecule has 1 unspecified atom stereocenters. The number of piperidine rings is 1. The van der Waals surface area contributed by atoms with Gasteiger partial charge < -0.3 is 15.4 Å². The summed E-state index contributed by atoms with van der Waals surface area (Å²) in [5.74, 6) is 0.759. The van der Waals surface area contributed by atoms with E-state index < -0.39 is 0 Å². The zero-order chi connectivity index (χ0) is 12.8. The van der Waals surface area contributed by atoms with Crippen LogP contribution in [0.4, 0.5) is 0 Å². The van der Waals surface area contributed by atoms with Gasteiger partial charge >= 0.3 is 0 Å². The van der Waals surface area contributed by atoms with Crippen LogP contribution in [-0.4, -0.2) is 42.6 Å². The normalized spacial score (nSPS) is 18.6. The number of likely N-dealkylation sites (tertiary alicyclic amines) is 1. The van der Waals surface area contributed by atoms with Crippen molar-refractivity contribution < 1.29 is 9.53 Å². The number of nitrogens with zero attached hydrogens (tertiary/aromatic N) is 1. The number of halogens is 1. The monoisotopic (exact) mass is 278 g/mol. The van der Waals surface area contributed by atoms with E-state index in [1.807, 2.05) is 11.8 Å². The summed E-state index contributed by atoms with van der Waals surface area (Å²) in [6, 6.07) is -0.0441. The number of amides is 1. The van der Waals surface area contributed by atoms with Crippen molar-refractivity contribution in [2.75, 3.05) is 19.7 Å². The molecular formula is C13H27ClN2O2. The van der Waals surface area contributed by atoms with Gasteiger partial charge in [0.1, 0.15) is 0 Å². The highest BCUT2D eigenvalue weighted by atomic mass is 35.5. The maximum absolute atomic E-state index is 11.8. The Balaban J connectivity index is 0.00000289. The topological polar surface area (TPSA) is 55.6 Å². The van der Waals surface area contributed by atoms with Crippen LogP contribution < -0.4 is 5.73 Å². The number of nitrogens with two attached hydrogens (primary N) is 1. The van der Waals surface area contributed by atoms with Gasteiger partial charge in [-0.2, -0.15) is 0 Å². The molecule has 0 saturated carbocycles. The summed E-state index contributed by atoms with van der Waals surface area (Å²) >= 11 is 0. The molecule has 0 aromatic carbocycles. The fraction of sp³-hybridized carbons (Fsp3) is 0.923. The second kappa shape index (κ2) is 8.73. The average Bonchev–Trinajstić information content (AvgIpc) is 2.26. The molecule has 1 aliphatic heterocycles. The van der Waals surface area contributed by atoms with Crippen molar-refractivity contribution in [2.24, 2.45) is 11.7 Å². The summed E-state index contributed by atoms with van der Waals surface area (Å²) in [7, 11) is 0. The molecule has 0 spiro atoms. The van der Waals surface area contributed by atoms with Gasteiger partial charge in [0.05, 0.1) is 6.10 Å². The Morgan fingerprint density at radius 1 is 1.33 bits per heavy atom. The minimum atomic E-state index is -0.0441. The van der Waals surface area contributed by atoms with Crippen LogP contribution >= 0.6 is 12.4 Å². The van der Waals surface area contributed by atoms with Crippen molar-refractivity contribution in [1.82, 2.24) is 4.90 Å². The van der Waals surface area contributed by atoms with Crippen LogP contribution in [0.2, 0.25) is 0 Å². The molecular weight excluding hydrogens is 252 g/mol. The lowest BCUT2D eigenvalue weighted by atomic mass is 10.1. The summed E-state index contributed by atoms with van der Waals surface area (Å²) in [5, 5.41) is 0. The Labute approximate surface area is 117 Å². The van der Waals surface area contributed by atoms with Crippen molar-refractivity contribution in [2.45, 2.75) is 52.2 Å². The summed E-state index contributed by atoms with van der Waals surface area (Å²) in [5.41, 5.74) is 5.64. The Morgan fingerprint density at radius 2 is 1.89 bits per heavy atom. The molecule has 0 aromatic heterocycles. The molecule has 1 heterocycles. The van der Waals surface area contributed by atoms with E-state index in [1.165, 1.54) is 0 Å². The van der Waals surface area contributed by atoms with E-state index in [9.17, 15) is 4.79 Å². The van der Waals surface area contributed by atoms with Gasteiger partial charge in [0.15, 0.2) is 0 Å². The van der Waals surface area contributed by atoms with Crippen LogP contribution in [0.5, 0.6) is 0 Å². The van der Waals surface area contributed by atoms with Gasteiger partial charge in [0.2, 0.25) is 5.91 Å². The van der Waals surface area contributed by atoms with E-state index in [0.717, 1.165) is 32.5 Å². The Kier molecular flexibility index (Phi) is 8.57. The average molecular weight is 279 g/mol. The molecule has 1 fully saturated rings. The molecule has 0 aromatic rings. The zero-order valence-corrected chi connectivity index (χ0v) is 12.5. The van der Waals surface area contributed by atoms with Crippen molar-refractivity contribution in [3.05, 3.63) is 0 Å². The van der Waals surface area contributed by atoms with Crippen LogP contribution in [0.25, 0.3) is 0 Å². The first kappa shape index (κ1) is 17.7. The van der Waals surface area contributed by atoms with Crippen molar-refractivity contribution in [3.8, 4) is 0 Å². The molecule has 18 heavy (non-hydrogen) atoms. The third-order valence-electron chi connectivity index (χ3n) is 2.96. The predicted octanol–water partition coefficient (Wildman–Crippen LogP) is 1.81. The third kappa shape index (κ3) is 6.57. The quantitative estimate of drug-likeness (QED) is 0.834. The first-order valence-electron chi connectivity index (χ1n) is 6.64. The number of carbonyl (C=O) groups is 1. The fourth-order valence-corrected chi connectivity index (χ4v) is 2.00. The molecule has 1 amide bonds. The molecule has 0 radical (unpaired) electrons. The SMILES string of the molecule is CC(C)COC1CCN(C(=O)CC(C)N)CC1.Cl. The number of hydrogen-bond donors (Lipinski definition) is 1. The highest BCUT2D eigenvalue weighted by molar-refractivity contribution is 5.85. The van der Waals surface area contributed by atoms with Crippen LogP contribution in [0.3, 0.4) is 0 Å². The molecule has 1 atom stereocenters. The van der Waals surface area contributed by atoms with Crippen LogP contribution in [0, 0.1) is 5.92 Å². The zero-order valence-electron chi connectivity index (χ0n) is 11.7. The molecule has 2 N–H and O–H groups in total. The first-order chi connectivity index (χ1) is 7.99. The van der Waals surface area contributed by atoms with Gasteiger partial charge in [-0.1, -0.05) is 13.8 Å². The number of hydrogen-bond acceptors (Lipinski definition) is 3. The lowest BCUT2D eigenvalue weighted by molar-refractivity contribution is -0.134. The third-order valence-corrected chi connectivity index (χ3v) is 2.96. The van der Waals surface area contributed by atoms with E-state index >= 15 is 0 Å². The van der Waals surface area contributed by atoms with Gasteiger partial charge in [0, 0.05) is 32.2 Å². The van der Waals surface area contributed by atoms with E-state index in [2.05, 4.69) is 13.8 Å². The molecule has 1 saturated heterocycles. The molecule has 0 bridgehead atoms. The number of carbonyl (C=O) groups excluding carboxylic acids is 1. The maximum atomic E-state index is 11.8. The minimum Gasteiger partial charge on any atom is -0.378 e. The molecule has 4 nitrogen and oxygen atoms in total. The van der Waals surface area contributed by atoms with Crippen molar-refractivity contribution in [1.29, 1.82) is 0 Å². The van der Waals surface area contributed by atoms with Gasteiger partial charge in [0.25, 0.3) is 0 Å². The van der Waals surface area contributed by atoms with Crippen LogP contribution in [0.1, 0.15) is 40.0 Å². The first-order valence-corrected chi connectivity index (χ1v) is 6.64. The van der Waals surface area contributed by atoms with Gasteiger partial charge in [-0.3, -0.25) is 4.79 Å². The summed E-state index contributed by atoms with van der Waals surface area (Å²) in [6.07, 6.45) is 2.70. The molecule has 5 heteroatoms. The Bertz CT molecular complexity index is 239. The predicted molar refractivity (Wildman–Crippen MR) is 75.9 cm³/mol. The van der Waals surface area contributed by atoms with Gasteiger partial charge in [-0.05, 0) is 25.7 Å². The number of ether oxygens (including phenoxy) is 1. The second-order valence-electron chi connectivity index (χ2n) is 5.49. The standard InChI is InChI=1S/C13H26N2O2.ClH/c1-10(2)9-17-12-4-6-15(7-5-12)13(16)8-11(3)14;/h10-12H,4-9,14H2,1-3H3;1H. The van der Waals surface area contributed by atoms with Crippen LogP contribution in [-0.2, 0) is 9.53 Å². The van der Waals surface area contributed by atoms with Gasteiger partial charge in [-0.25, -0.2) is 0 Å². The highest BCUT2D eigenvalue weighted by Gasteiger charge is 2.23. The second-order valence-corrected chi connectivity index (χ2v) is 5.49. The lowest BCUT2D eigenvalue weighted by Gasteiger charge is -2.32. The summed E-state index contributed by atoms with van der Waals surface area (Å²) < 4.78 is 5.79. The minimum absolute atomic E-state index is 0. The molecule has 108 valence electrons. The Hall–Kier alpha value is -0.320. The maximum Gasteiger partial charge on any atom is 0.224 e. The van der Waals surface area contributed by atoms with E-state index in [-0.39, 0.29) is 24.4 Å². The Morgan fingerprint density at radius 3 is 2.33 bits per heavy atom. The molecule has 1 rings (SSSR count). The van der Waals surface area contributed by atoms with E-state index in [1.54, 1.807) is 0 Å². The summed E-state index contributed by atoms with van der Waals surface area (Å²) in [6.45, 7) is 8.63. The lowest BCUT2D eigenvalue weighted by Crippen LogP contribution is -2.42. The largest absolute Gasteiger partial charge is 0.378 e. The molecule has 0 aliphatic carbocycles. The van der Waals surface area contributed by atoms with Crippen LogP contribution in [0.15, 0.2) is 0 Å². The molecule has 1 aliphatic rings.